The maximum absolute atomic E-state index is 2.34. The zero-order valence-corrected chi connectivity index (χ0v) is 25.5. The summed E-state index contributed by atoms with van der Waals surface area (Å²) >= 11 is 0. The molecule has 0 bridgehead atoms. The largest absolute Gasteiger partial charge is 0.311 e. The summed E-state index contributed by atoms with van der Waals surface area (Å²) in [6.07, 6.45) is 0. The monoisotopic (exact) mass is 575 g/mol. The van der Waals surface area contributed by atoms with Gasteiger partial charge in [-0.25, -0.2) is 0 Å². The normalized spacial score (nSPS) is 12.1. The fourth-order valence-corrected chi connectivity index (χ4v) is 6.79. The van der Waals surface area contributed by atoms with Crippen molar-refractivity contribution in [3.8, 4) is 33.4 Å². The van der Waals surface area contributed by atoms with Crippen LogP contribution >= 0.6 is 0 Å². The van der Waals surface area contributed by atoms with Gasteiger partial charge in [-0.1, -0.05) is 127 Å². The summed E-state index contributed by atoms with van der Waals surface area (Å²) in [4.78, 5) is 2.34. The first-order valence-corrected chi connectivity index (χ1v) is 15.6. The molecule has 0 unspecified atom stereocenters. The van der Waals surface area contributed by atoms with Crippen molar-refractivity contribution >= 4 is 39.0 Å². The molecule has 1 aliphatic carbocycles. The molecule has 45 heavy (non-hydrogen) atoms. The van der Waals surface area contributed by atoms with Crippen molar-refractivity contribution in [1.82, 2.24) is 0 Å². The third-order valence-corrected chi connectivity index (χ3v) is 9.31. The van der Waals surface area contributed by atoms with E-state index in [1.54, 1.807) is 0 Å². The van der Waals surface area contributed by atoms with E-state index in [9.17, 15) is 0 Å². The van der Waals surface area contributed by atoms with Gasteiger partial charge in [-0.2, -0.15) is 0 Å². The summed E-state index contributed by atoms with van der Waals surface area (Å²) in [6.45, 7) is 4.48. The van der Waals surface area contributed by atoms with Gasteiger partial charge in [0.05, 0.1) is 0 Å². The number of hydrogen-bond acceptors (Lipinski definition) is 1. The first kappa shape index (κ1) is 26.9. The predicted octanol–water partition coefficient (Wildman–Crippen LogP) is 12.6. The highest BCUT2D eigenvalue weighted by Gasteiger charge is 2.20. The van der Waals surface area contributed by atoms with Crippen molar-refractivity contribution in [2.75, 3.05) is 4.90 Å². The maximum atomic E-state index is 2.34. The summed E-state index contributed by atoms with van der Waals surface area (Å²) in [5.74, 6) is 0. The fourth-order valence-electron chi connectivity index (χ4n) is 6.79. The average molecular weight is 576 g/mol. The van der Waals surface area contributed by atoms with Gasteiger partial charge < -0.3 is 4.90 Å². The summed E-state index contributed by atoms with van der Waals surface area (Å²) in [5, 5.41) is 2.70. The van der Waals surface area contributed by atoms with Gasteiger partial charge in [-0.3, -0.25) is 0 Å². The number of nitrogens with zero attached hydrogens (tertiary/aromatic N) is 1. The lowest BCUT2D eigenvalue weighted by Gasteiger charge is -2.26. The Morgan fingerprint density at radius 1 is 0.311 bits per heavy atom. The molecule has 0 N–H and O–H groups in total. The minimum Gasteiger partial charge on any atom is -0.311 e. The Kier molecular flexibility index (Phi) is 6.65. The number of hydrogen-bond donors (Lipinski definition) is 0. The third-order valence-electron chi connectivity index (χ3n) is 9.31. The predicted molar refractivity (Wildman–Crippen MR) is 193 cm³/mol. The van der Waals surface area contributed by atoms with Crippen LogP contribution in [0.15, 0.2) is 164 Å². The molecule has 7 aromatic rings. The standard InChI is InChI=1S/C44H33N/c1-30-31(2)41-28-29-42(43-15-9-14-40(30)44(41)43)36-20-26-39(27-21-36)45(37-22-16-34(17-23-37)32-10-5-3-6-11-32)38-24-18-35(19-25-38)33-12-7-4-8-13-33/h3-29H,1-2H3. The highest BCUT2D eigenvalue weighted by Crippen LogP contribution is 2.45. The van der Waals surface area contributed by atoms with Crippen LogP contribution in [0.5, 0.6) is 0 Å². The van der Waals surface area contributed by atoms with Crippen LogP contribution in [0, 0.1) is 0 Å². The topological polar surface area (TPSA) is 3.24 Å². The molecule has 0 saturated carbocycles. The van der Waals surface area contributed by atoms with E-state index in [1.165, 1.54) is 66.4 Å². The lowest BCUT2D eigenvalue weighted by atomic mass is 9.93. The van der Waals surface area contributed by atoms with Crippen LogP contribution in [0.25, 0.3) is 55.3 Å². The lowest BCUT2D eigenvalue weighted by Crippen LogP contribution is -2.09. The maximum Gasteiger partial charge on any atom is 0.0462 e. The van der Waals surface area contributed by atoms with Gasteiger partial charge in [0.25, 0.3) is 0 Å². The SMILES string of the molecule is CC1=C(C)c2ccc(-c3ccc(N(c4ccc(-c5ccccc5)cc4)c4ccc(-c5ccccc5)cc4)cc3)c3cccc1c23. The molecule has 1 heteroatoms. The Bertz CT molecular complexity index is 2070. The van der Waals surface area contributed by atoms with E-state index in [0.29, 0.717) is 0 Å². The molecule has 0 saturated heterocycles. The van der Waals surface area contributed by atoms with Crippen molar-refractivity contribution in [2.45, 2.75) is 13.8 Å². The van der Waals surface area contributed by atoms with Crippen LogP contribution in [-0.2, 0) is 0 Å². The summed E-state index contributed by atoms with van der Waals surface area (Å²) in [5.41, 5.74) is 16.2. The Hall–Kier alpha value is -5.66. The minimum absolute atomic E-state index is 1.12. The van der Waals surface area contributed by atoms with E-state index in [-0.39, 0.29) is 0 Å². The van der Waals surface area contributed by atoms with Crippen LogP contribution in [0.4, 0.5) is 17.1 Å². The molecule has 1 nitrogen and oxygen atoms in total. The zero-order chi connectivity index (χ0) is 30.3. The Morgan fingerprint density at radius 3 is 1.20 bits per heavy atom. The highest BCUT2D eigenvalue weighted by molar-refractivity contribution is 6.16. The van der Waals surface area contributed by atoms with E-state index in [0.717, 1.165) is 17.1 Å². The second kappa shape index (κ2) is 11.1. The van der Waals surface area contributed by atoms with Crippen molar-refractivity contribution in [3.63, 3.8) is 0 Å². The van der Waals surface area contributed by atoms with Crippen molar-refractivity contribution in [2.24, 2.45) is 0 Å². The van der Waals surface area contributed by atoms with Crippen LogP contribution in [0.1, 0.15) is 25.0 Å². The molecule has 0 heterocycles. The molecule has 0 fully saturated rings. The van der Waals surface area contributed by atoms with Crippen molar-refractivity contribution in [1.29, 1.82) is 0 Å². The second-order valence-corrected chi connectivity index (χ2v) is 11.8. The smallest absolute Gasteiger partial charge is 0.0462 e. The molecule has 8 rings (SSSR count). The van der Waals surface area contributed by atoms with Gasteiger partial charge in [0.1, 0.15) is 0 Å². The molecule has 1 aliphatic rings. The molecule has 0 radical (unpaired) electrons. The first-order valence-electron chi connectivity index (χ1n) is 15.6. The van der Waals surface area contributed by atoms with Crippen molar-refractivity contribution in [3.05, 3.63) is 175 Å². The van der Waals surface area contributed by atoms with Gasteiger partial charge in [-0.15, -0.1) is 0 Å². The molecule has 7 aromatic carbocycles. The van der Waals surface area contributed by atoms with E-state index < -0.39 is 0 Å². The Morgan fingerprint density at radius 2 is 0.711 bits per heavy atom. The Balaban J connectivity index is 1.19. The number of anilines is 3. The third kappa shape index (κ3) is 4.74. The second-order valence-electron chi connectivity index (χ2n) is 11.8. The molecule has 214 valence electrons. The molecular weight excluding hydrogens is 542 g/mol. The highest BCUT2D eigenvalue weighted by atomic mass is 15.1. The van der Waals surface area contributed by atoms with Gasteiger partial charge >= 0.3 is 0 Å². The summed E-state index contributed by atoms with van der Waals surface area (Å²) < 4.78 is 0. The van der Waals surface area contributed by atoms with Crippen molar-refractivity contribution < 1.29 is 0 Å². The van der Waals surface area contributed by atoms with E-state index in [4.69, 9.17) is 0 Å². The van der Waals surface area contributed by atoms with E-state index in [2.05, 4.69) is 183 Å². The fraction of sp³-hybridized carbons (Fsp3) is 0.0455. The molecule has 0 amide bonds. The zero-order valence-electron chi connectivity index (χ0n) is 25.5. The molecule has 0 aliphatic heterocycles. The average Bonchev–Trinajstić information content (AvgIpc) is 3.36. The Labute approximate surface area is 265 Å². The van der Waals surface area contributed by atoms with Gasteiger partial charge in [0.2, 0.25) is 0 Å². The summed E-state index contributed by atoms with van der Waals surface area (Å²) in [6, 6.07) is 59.2. The molecule has 0 aromatic heterocycles. The van der Waals surface area contributed by atoms with Crippen LogP contribution < -0.4 is 4.90 Å². The quantitative estimate of drug-likeness (QED) is 0.191. The lowest BCUT2D eigenvalue weighted by molar-refractivity contribution is 1.28. The molecule has 0 atom stereocenters. The number of benzene rings is 7. The van der Waals surface area contributed by atoms with Gasteiger partial charge in [-0.05, 0) is 117 Å². The molecular formula is C44H33N. The number of rotatable bonds is 6. The first-order chi connectivity index (χ1) is 22.2. The van der Waals surface area contributed by atoms with Gasteiger partial charge in [0, 0.05) is 17.1 Å². The molecule has 0 spiro atoms. The number of allylic oxidation sites excluding steroid dienone is 2. The van der Waals surface area contributed by atoms with E-state index >= 15 is 0 Å². The summed E-state index contributed by atoms with van der Waals surface area (Å²) in [7, 11) is 0. The van der Waals surface area contributed by atoms with Crippen LogP contribution in [0.2, 0.25) is 0 Å². The van der Waals surface area contributed by atoms with E-state index in [1.807, 2.05) is 0 Å². The minimum atomic E-state index is 1.12. The van der Waals surface area contributed by atoms with Crippen LogP contribution in [0.3, 0.4) is 0 Å². The van der Waals surface area contributed by atoms with Gasteiger partial charge in [0.15, 0.2) is 0 Å². The van der Waals surface area contributed by atoms with Crippen LogP contribution in [-0.4, -0.2) is 0 Å².